The van der Waals surface area contributed by atoms with Gasteiger partial charge in [-0.15, -0.1) is 0 Å². The van der Waals surface area contributed by atoms with Crippen molar-refractivity contribution in [1.29, 1.82) is 0 Å². The van der Waals surface area contributed by atoms with Crippen LogP contribution in [0.2, 0.25) is 0 Å². The quantitative estimate of drug-likeness (QED) is 0.823. The third kappa shape index (κ3) is 3.02. The molecule has 1 atom stereocenters. The van der Waals surface area contributed by atoms with Gasteiger partial charge in [0, 0.05) is 30.1 Å². The summed E-state index contributed by atoms with van der Waals surface area (Å²) in [6.07, 6.45) is 0. The lowest BCUT2D eigenvalue weighted by Crippen LogP contribution is -2.51. The molecule has 1 unspecified atom stereocenters. The van der Waals surface area contributed by atoms with Crippen molar-refractivity contribution in [3.63, 3.8) is 0 Å². The lowest BCUT2D eigenvalue weighted by atomic mass is 10.2. The molecule has 0 aliphatic carbocycles. The van der Waals surface area contributed by atoms with Crippen LogP contribution >= 0.6 is 15.9 Å². The van der Waals surface area contributed by atoms with E-state index < -0.39 is 10.0 Å². The zero-order chi connectivity index (χ0) is 14.2. The highest BCUT2D eigenvalue weighted by Crippen LogP contribution is 2.25. The van der Waals surface area contributed by atoms with Crippen molar-refractivity contribution in [2.24, 2.45) is 0 Å². The van der Waals surface area contributed by atoms with Gasteiger partial charge in [-0.1, -0.05) is 22.0 Å². The molecule has 4 nitrogen and oxygen atoms in total. The fourth-order valence-electron chi connectivity index (χ4n) is 2.22. The predicted octanol–water partition coefficient (Wildman–Crippen LogP) is 2.08. The zero-order valence-corrected chi connectivity index (χ0v) is 13.8. The molecule has 0 bridgehead atoms. The van der Waals surface area contributed by atoms with Crippen LogP contribution in [0, 0.1) is 6.92 Å². The Hall–Kier alpha value is -0.430. The zero-order valence-electron chi connectivity index (χ0n) is 11.4. The number of hydrogen-bond acceptors (Lipinski definition) is 3. The summed E-state index contributed by atoms with van der Waals surface area (Å²) in [7, 11) is -1.37. The Morgan fingerprint density at radius 2 is 2.00 bits per heavy atom. The second-order valence-corrected chi connectivity index (χ2v) is 7.92. The van der Waals surface area contributed by atoms with E-state index in [1.54, 1.807) is 10.4 Å². The summed E-state index contributed by atoms with van der Waals surface area (Å²) >= 11 is 3.34. The number of hydrogen-bond donors (Lipinski definition) is 0. The molecular weight excluding hydrogens is 328 g/mol. The van der Waals surface area contributed by atoms with E-state index in [0.29, 0.717) is 18.0 Å². The molecule has 1 aliphatic rings. The molecule has 0 spiro atoms. The maximum absolute atomic E-state index is 12.7. The van der Waals surface area contributed by atoms with Gasteiger partial charge in [0.1, 0.15) is 0 Å². The number of benzene rings is 1. The Kier molecular flexibility index (Phi) is 4.35. The van der Waals surface area contributed by atoms with Crippen molar-refractivity contribution < 1.29 is 8.42 Å². The molecule has 0 amide bonds. The second-order valence-electron chi connectivity index (χ2n) is 5.10. The van der Waals surface area contributed by atoms with Crippen LogP contribution < -0.4 is 0 Å². The number of rotatable bonds is 2. The van der Waals surface area contributed by atoms with E-state index in [2.05, 4.69) is 27.8 Å². The molecule has 1 fully saturated rings. The van der Waals surface area contributed by atoms with Gasteiger partial charge in [-0.25, -0.2) is 8.42 Å². The van der Waals surface area contributed by atoms with Gasteiger partial charge in [0.05, 0.1) is 4.90 Å². The smallest absolute Gasteiger partial charge is 0.243 e. The monoisotopic (exact) mass is 346 g/mol. The topological polar surface area (TPSA) is 40.6 Å². The van der Waals surface area contributed by atoms with Crippen molar-refractivity contribution in [2.75, 3.05) is 26.7 Å². The molecule has 1 aliphatic heterocycles. The molecule has 2 rings (SSSR count). The van der Waals surface area contributed by atoms with Gasteiger partial charge in [0.15, 0.2) is 0 Å². The SMILES string of the molecule is Cc1ccc(Br)cc1S(=O)(=O)N1CCN(C)C(C)C1. The highest BCUT2D eigenvalue weighted by molar-refractivity contribution is 9.10. The van der Waals surface area contributed by atoms with Crippen molar-refractivity contribution in [2.45, 2.75) is 24.8 Å². The van der Waals surface area contributed by atoms with Crippen LogP contribution in [0.3, 0.4) is 0 Å². The molecule has 0 saturated carbocycles. The number of piperazine rings is 1. The van der Waals surface area contributed by atoms with E-state index in [9.17, 15) is 8.42 Å². The first-order valence-electron chi connectivity index (χ1n) is 6.29. The summed E-state index contributed by atoms with van der Waals surface area (Å²) in [5.41, 5.74) is 0.787. The fraction of sp³-hybridized carbons (Fsp3) is 0.538. The number of halogens is 1. The van der Waals surface area contributed by atoms with Crippen molar-refractivity contribution in [3.8, 4) is 0 Å². The summed E-state index contributed by atoms with van der Waals surface area (Å²) in [6.45, 7) is 5.75. The molecule has 0 aromatic heterocycles. The summed E-state index contributed by atoms with van der Waals surface area (Å²) in [4.78, 5) is 2.58. The summed E-state index contributed by atoms with van der Waals surface area (Å²) < 4.78 is 27.8. The van der Waals surface area contributed by atoms with Crippen LogP contribution in [-0.4, -0.2) is 50.3 Å². The average molecular weight is 347 g/mol. The molecule has 1 aromatic rings. The number of sulfonamides is 1. The van der Waals surface area contributed by atoms with Gasteiger partial charge in [-0.05, 0) is 38.6 Å². The number of nitrogens with zero attached hydrogens (tertiary/aromatic N) is 2. The van der Waals surface area contributed by atoms with E-state index in [0.717, 1.165) is 16.6 Å². The Morgan fingerprint density at radius 1 is 1.32 bits per heavy atom. The lowest BCUT2D eigenvalue weighted by Gasteiger charge is -2.37. The van der Waals surface area contributed by atoms with Gasteiger partial charge in [-0.3, -0.25) is 0 Å². The van der Waals surface area contributed by atoms with Crippen molar-refractivity contribution in [1.82, 2.24) is 9.21 Å². The van der Waals surface area contributed by atoms with E-state index in [-0.39, 0.29) is 6.04 Å². The molecule has 1 heterocycles. The van der Waals surface area contributed by atoms with E-state index in [1.165, 1.54) is 0 Å². The molecule has 6 heteroatoms. The molecule has 1 aromatic carbocycles. The first kappa shape index (κ1) is 15.0. The summed E-state index contributed by atoms with van der Waals surface area (Å²) in [5.74, 6) is 0. The summed E-state index contributed by atoms with van der Waals surface area (Å²) in [5, 5.41) is 0. The standard InChI is InChI=1S/C13H19BrN2O2S/c1-10-4-5-12(14)8-13(10)19(17,18)16-7-6-15(3)11(2)9-16/h4-5,8,11H,6-7,9H2,1-3H3. The highest BCUT2D eigenvalue weighted by Gasteiger charge is 2.31. The van der Waals surface area contributed by atoms with Gasteiger partial charge in [-0.2, -0.15) is 4.31 Å². The molecule has 19 heavy (non-hydrogen) atoms. The van der Waals surface area contributed by atoms with Crippen LogP contribution in [0.1, 0.15) is 12.5 Å². The molecular formula is C13H19BrN2O2S. The fourth-order valence-corrected chi connectivity index (χ4v) is 4.50. The number of aryl methyl sites for hydroxylation is 1. The minimum atomic E-state index is -3.39. The first-order valence-corrected chi connectivity index (χ1v) is 8.52. The van der Waals surface area contributed by atoms with E-state index in [1.807, 2.05) is 26.1 Å². The van der Waals surface area contributed by atoms with E-state index in [4.69, 9.17) is 0 Å². The molecule has 106 valence electrons. The average Bonchev–Trinajstić information content (AvgIpc) is 2.35. The highest BCUT2D eigenvalue weighted by atomic mass is 79.9. The van der Waals surface area contributed by atoms with Crippen LogP contribution in [-0.2, 0) is 10.0 Å². The van der Waals surface area contributed by atoms with Gasteiger partial charge < -0.3 is 4.90 Å². The van der Waals surface area contributed by atoms with Crippen LogP contribution in [0.4, 0.5) is 0 Å². The van der Waals surface area contributed by atoms with Crippen LogP contribution in [0.25, 0.3) is 0 Å². The predicted molar refractivity (Wildman–Crippen MR) is 79.7 cm³/mol. The largest absolute Gasteiger partial charge is 0.301 e. The molecule has 0 N–H and O–H groups in total. The van der Waals surface area contributed by atoms with Crippen molar-refractivity contribution >= 4 is 26.0 Å². The third-order valence-corrected chi connectivity index (χ3v) is 6.19. The Labute approximate surface area is 123 Å². The van der Waals surface area contributed by atoms with E-state index >= 15 is 0 Å². The normalized spacial score (nSPS) is 22.6. The van der Waals surface area contributed by atoms with Gasteiger partial charge >= 0.3 is 0 Å². The minimum Gasteiger partial charge on any atom is -0.301 e. The first-order chi connectivity index (χ1) is 8.82. The van der Waals surface area contributed by atoms with Gasteiger partial charge in [0.2, 0.25) is 10.0 Å². The van der Waals surface area contributed by atoms with Crippen LogP contribution in [0.5, 0.6) is 0 Å². The minimum absolute atomic E-state index is 0.246. The van der Waals surface area contributed by atoms with Gasteiger partial charge in [0.25, 0.3) is 0 Å². The lowest BCUT2D eigenvalue weighted by molar-refractivity contribution is 0.159. The summed E-state index contributed by atoms with van der Waals surface area (Å²) in [6, 6.07) is 5.63. The Morgan fingerprint density at radius 3 is 2.63 bits per heavy atom. The molecule has 0 radical (unpaired) electrons. The maximum atomic E-state index is 12.7. The third-order valence-electron chi connectivity index (χ3n) is 3.69. The maximum Gasteiger partial charge on any atom is 0.243 e. The Bertz CT molecular complexity index is 574. The Balaban J connectivity index is 2.35. The molecule has 1 saturated heterocycles. The van der Waals surface area contributed by atoms with Crippen LogP contribution in [0.15, 0.2) is 27.6 Å². The number of likely N-dealkylation sites (N-methyl/N-ethyl adjacent to an activating group) is 1. The second kappa shape index (κ2) is 5.52. The van der Waals surface area contributed by atoms with Crippen molar-refractivity contribution in [3.05, 3.63) is 28.2 Å².